The summed E-state index contributed by atoms with van der Waals surface area (Å²) in [5.41, 5.74) is 7.34. The van der Waals surface area contributed by atoms with Crippen molar-refractivity contribution in [1.29, 1.82) is 0 Å². The van der Waals surface area contributed by atoms with Gasteiger partial charge in [-0.05, 0) is 49.9 Å². The Kier molecular flexibility index (Phi) is 6.68. The van der Waals surface area contributed by atoms with Gasteiger partial charge in [0.2, 0.25) is 0 Å². The van der Waals surface area contributed by atoms with Crippen LogP contribution < -0.4 is 10.5 Å². The molecule has 1 rings (SSSR count). The van der Waals surface area contributed by atoms with Crippen molar-refractivity contribution in [2.45, 2.75) is 38.3 Å². The maximum Gasteiger partial charge on any atom is 0.119 e. The minimum absolute atomic E-state index is 0.144. The molecule has 0 aliphatic rings. The molecule has 0 amide bonds. The second kappa shape index (κ2) is 7.77. The molecule has 0 aromatic heterocycles. The Labute approximate surface area is 118 Å². The number of benzene rings is 1. The lowest BCUT2D eigenvalue weighted by Gasteiger charge is -2.16. The molecular formula is C14H22BrNO2. The molecule has 2 unspecified atom stereocenters. The normalized spacial score (nSPS) is 14.3. The number of hydrogen-bond donors (Lipinski definition) is 1. The van der Waals surface area contributed by atoms with Gasteiger partial charge < -0.3 is 15.2 Å². The molecule has 0 aliphatic carbocycles. The molecule has 2 N–H and O–H groups in total. The van der Waals surface area contributed by atoms with E-state index in [-0.39, 0.29) is 12.1 Å². The smallest absolute Gasteiger partial charge is 0.119 e. The van der Waals surface area contributed by atoms with E-state index in [1.165, 1.54) is 5.56 Å². The third-order valence-electron chi connectivity index (χ3n) is 3.08. The number of hydrogen-bond acceptors (Lipinski definition) is 3. The summed E-state index contributed by atoms with van der Waals surface area (Å²) in [5, 5.41) is 0. The largest absolute Gasteiger partial charge is 0.497 e. The molecule has 0 saturated heterocycles. The van der Waals surface area contributed by atoms with Crippen molar-refractivity contribution in [2.24, 2.45) is 5.73 Å². The quantitative estimate of drug-likeness (QED) is 0.840. The second-order valence-electron chi connectivity index (χ2n) is 4.55. The number of ether oxygens (including phenoxy) is 2. The van der Waals surface area contributed by atoms with Crippen molar-refractivity contribution in [3.05, 3.63) is 28.2 Å². The average molecular weight is 316 g/mol. The van der Waals surface area contributed by atoms with Crippen LogP contribution in [0.1, 0.15) is 25.3 Å². The van der Waals surface area contributed by atoms with Gasteiger partial charge in [-0.15, -0.1) is 0 Å². The van der Waals surface area contributed by atoms with Gasteiger partial charge in [-0.1, -0.05) is 15.9 Å². The predicted molar refractivity (Wildman–Crippen MR) is 78.1 cm³/mol. The zero-order valence-corrected chi connectivity index (χ0v) is 12.9. The van der Waals surface area contributed by atoms with Crippen LogP contribution in [0.4, 0.5) is 0 Å². The van der Waals surface area contributed by atoms with Crippen LogP contribution >= 0.6 is 15.9 Å². The Morgan fingerprint density at radius 2 is 2.00 bits per heavy atom. The van der Waals surface area contributed by atoms with E-state index in [4.69, 9.17) is 15.2 Å². The van der Waals surface area contributed by atoms with Crippen molar-refractivity contribution in [3.63, 3.8) is 0 Å². The SMILES string of the molecule is COc1ccc(Br)c(CC(N)CCC(C)OC)c1. The van der Waals surface area contributed by atoms with Crippen molar-refractivity contribution in [2.75, 3.05) is 14.2 Å². The standard InChI is InChI=1S/C14H22BrNO2/c1-10(17-2)4-5-12(16)8-11-9-13(18-3)6-7-14(11)15/h6-7,9-10,12H,4-5,8,16H2,1-3H3. The summed E-state index contributed by atoms with van der Waals surface area (Å²) in [6.45, 7) is 2.06. The topological polar surface area (TPSA) is 44.5 Å². The maximum absolute atomic E-state index is 6.15. The van der Waals surface area contributed by atoms with E-state index in [0.29, 0.717) is 0 Å². The van der Waals surface area contributed by atoms with Gasteiger partial charge in [-0.2, -0.15) is 0 Å². The molecule has 3 nitrogen and oxygen atoms in total. The monoisotopic (exact) mass is 315 g/mol. The van der Waals surface area contributed by atoms with Gasteiger partial charge in [-0.25, -0.2) is 0 Å². The Hall–Kier alpha value is -0.580. The molecule has 102 valence electrons. The van der Waals surface area contributed by atoms with Crippen LogP contribution in [-0.2, 0) is 11.2 Å². The highest BCUT2D eigenvalue weighted by Crippen LogP contribution is 2.24. The summed E-state index contributed by atoms with van der Waals surface area (Å²) in [4.78, 5) is 0. The maximum atomic E-state index is 6.15. The van der Waals surface area contributed by atoms with Crippen LogP contribution in [0.25, 0.3) is 0 Å². The van der Waals surface area contributed by atoms with Gasteiger partial charge in [0.15, 0.2) is 0 Å². The molecule has 1 aromatic carbocycles. The summed E-state index contributed by atoms with van der Waals surface area (Å²) in [5.74, 6) is 0.866. The Bertz CT molecular complexity index is 371. The fourth-order valence-corrected chi connectivity index (χ4v) is 2.19. The molecule has 2 atom stereocenters. The van der Waals surface area contributed by atoms with E-state index in [1.807, 2.05) is 18.2 Å². The fraction of sp³-hybridized carbons (Fsp3) is 0.571. The predicted octanol–water partition coefficient (Wildman–Crippen LogP) is 3.14. The van der Waals surface area contributed by atoms with Gasteiger partial charge in [0, 0.05) is 17.6 Å². The third kappa shape index (κ3) is 4.96. The number of methoxy groups -OCH3 is 2. The van der Waals surface area contributed by atoms with Gasteiger partial charge in [0.25, 0.3) is 0 Å². The molecule has 4 heteroatoms. The van der Waals surface area contributed by atoms with E-state index < -0.39 is 0 Å². The van der Waals surface area contributed by atoms with Crippen LogP contribution in [0.5, 0.6) is 5.75 Å². The molecule has 0 radical (unpaired) electrons. The first kappa shape index (κ1) is 15.5. The summed E-state index contributed by atoms with van der Waals surface area (Å²) >= 11 is 3.55. The summed E-state index contributed by atoms with van der Waals surface area (Å²) < 4.78 is 11.5. The summed E-state index contributed by atoms with van der Waals surface area (Å²) in [7, 11) is 3.40. The first-order chi connectivity index (χ1) is 8.56. The lowest BCUT2D eigenvalue weighted by atomic mass is 10.0. The van der Waals surface area contributed by atoms with Crippen LogP contribution in [-0.4, -0.2) is 26.4 Å². The highest BCUT2D eigenvalue weighted by atomic mass is 79.9. The lowest BCUT2D eigenvalue weighted by Crippen LogP contribution is -2.24. The minimum Gasteiger partial charge on any atom is -0.497 e. The molecular weight excluding hydrogens is 294 g/mol. The number of rotatable bonds is 7. The molecule has 0 aliphatic heterocycles. The van der Waals surface area contributed by atoms with Crippen molar-refractivity contribution >= 4 is 15.9 Å². The first-order valence-electron chi connectivity index (χ1n) is 6.17. The van der Waals surface area contributed by atoms with Gasteiger partial charge in [-0.3, -0.25) is 0 Å². The lowest BCUT2D eigenvalue weighted by molar-refractivity contribution is 0.107. The zero-order chi connectivity index (χ0) is 13.5. The highest BCUT2D eigenvalue weighted by Gasteiger charge is 2.10. The number of nitrogens with two attached hydrogens (primary N) is 1. The Balaban J connectivity index is 2.55. The number of halogens is 1. The molecule has 0 bridgehead atoms. The van der Waals surface area contributed by atoms with E-state index in [1.54, 1.807) is 14.2 Å². The summed E-state index contributed by atoms with van der Waals surface area (Å²) in [6, 6.07) is 6.11. The third-order valence-corrected chi connectivity index (χ3v) is 3.85. The Morgan fingerprint density at radius 1 is 1.28 bits per heavy atom. The van der Waals surface area contributed by atoms with Crippen LogP contribution in [0, 0.1) is 0 Å². The van der Waals surface area contributed by atoms with Crippen LogP contribution in [0.3, 0.4) is 0 Å². The Morgan fingerprint density at radius 3 is 2.61 bits per heavy atom. The van der Waals surface area contributed by atoms with Crippen LogP contribution in [0.15, 0.2) is 22.7 Å². The van der Waals surface area contributed by atoms with Crippen LogP contribution in [0.2, 0.25) is 0 Å². The molecule has 1 aromatic rings. The van der Waals surface area contributed by atoms with E-state index in [9.17, 15) is 0 Å². The molecule has 0 spiro atoms. The molecule has 0 fully saturated rings. The van der Waals surface area contributed by atoms with Gasteiger partial charge in [0.1, 0.15) is 5.75 Å². The van der Waals surface area contributed by atoms with Crippen molar-refractivity contribution in [1.82, 2.24) is 0 Å². The van der Waals surface area contributed by atoms with Gasteiger partial charge >= 0.3 is 0 Å². The average Bonchev–Trinajstić information content (AvgIpc) is 2.38. The van der Waals surface area contributed by atoms with Crippen molar-refractivity contribution in [3.8, 4) is 5.75 Å². The minimum atomic E-state index is 0.144. The molecule has 0 heterocycles. The zero-order valence-electron chi connectivity index (χ0n) is 11.3. The highest BCUT2D eigenvalue weighted by molar-refractivity contribution is 9.10. The first-order valence-corrected chi connectivity index (χ1v) is 6.97. The molecule has 18 heavy (non-hydrogen) atoms. The molecule has 0 saturated carbocycles. The second-order valence-corrected chi connectivity index (χ2v) is 5.40. The van der Waals surface area contributed by atoms with E-state index >= 15 is 0 Å². The van der Waals surface area contributed by atoms with E-state index in [0.717, 1.165) is 29.5 Å². The van der Waals surface area contributed by atoms with Crippen molar-refractivity contribution < 1.29 is 9.47 Å². The van der Waals surface area contributed by atoms with E-state index in [2.05, 4.69) is 22.9 Å². The summed E-state index contributed by atoms with van der Waals surface area (Å²) in [6.07, 6.45) is 3.05. The van der Waals surface area contributed by atoms with Gasteiger partial charge in [0.05, 0.1) is 13.2 Å². The fourth-order valence-electron chi connectivity index (χ4n) is 1.79.